The van der Waals surface area contributed by atoms with E-state index in [2.05, 4.69) is 4.98 Å². The molecule has 1 fully saturated rings. The SMILES string of the molecule is Cn1c(=O)oc2ccc(Cn3cnc(C4CC4)c3C3C(F)=CC=CC3F)cc21. The van der Waals surface area contributed by atoms with Crippen LogP contribution in [0.25, 0.3) is 11.1 Å². The molecule has 0 bridgehead atoms. The van der Waals surface area contributed by atoms with E-state index in [-0.39, 0.29) is 5.92 Å². The molecular weight excluding hydrogens is 364 g/mol. The van der Waals surface area contributed by atoms with Crippen molar-refractivity contribution in [2.24, 2.45) is 7.05 Å². The zero-order valence-electron chi connectivity index (χ0n) is 15.3. The maximum Gasteiger partial charge on any atom is 0.419 e. The Labute approximate surface area is 159 Å². The summed E-state index contributed by atoms with van der Waals surface area (Å²) in [5.41, 5.74) is 3.49. The number of alkyl halides is 1. The highest BCUT2D eigenvalue weighted by molar-refractivity contribution is 5.73. The van der Waals surface area contributed by atoms with E-state index in [1.807, 2.05) is 16.7 Å². The molecular formula is C21H19F2N3O2. The number of aryl methyl sites for hydroxylation is 1. The topological polar surface area (TPSA) is 53.0 Å². The Balaban J connectivity index is 1.57. The number of fused-ring (bicyclic) bond motifs is 1. The molecule has 2 heterocycles. The lowest BCUT2D eigenvalue weighted by Crippen LogP contribution is -2.20. The van der Waals surface area contributed by atoms with Crippen LogP contribution in [0.3, 0.4) is 0 Å². The highest BCUT2D eigenvalue weighted by Crippen LogP contribution is 2.45. The molecule has 5 nitrogen and oxygen atoms in total. The molecule has 3 aromatic rings. The summed E-state index contributed by atoms with van der Waals surface area (Å²) in [6, 6.07) is 5.46. The molecule has 1 saturated carbocycles. The normalized spacial score (nSPS) is 22.0. The predicted molar refractivity (Wildman–Crippen MR) is 101 cm³/mol. The summed E-state index contributed by atoms with van der Waals surface area (Å²) in [6.07, 6.45) is 6.36. The average molecular weight is 383 g/mol. The molecule has 0 N–H and O–H groups in total. The number of rotatable bonds is 4. The highest BCUT2D eigenvalue weighted by Gasteiger charge is 2.37. The Hall–Kier alpha value is -2.96. The number of hydrogen-bond acceptors (Lipinski definition) is 3. The van der Waals surface area contributed by atoms with Gasteiger partial charge >= 0.3 is 5.76 Å². The first-order chi connectivity index (χ1) is 13.5. The van der Waals surface area contributed by atoms with Crippen LogP contribution in [0.4, 0.5) is 8.78 Å². The fourth-order valence-corrected chi connectivity index (χ4v) is 3.91. The van der Waals surface area contributed by atoms with Gasteiger partial charge in [0.05, 0.1) is 29.1 Å². The van der Waals surface area contributed by atoms with E-state index in [0.29, 0.717) is 23.3 Å². The molecule has 28 heavy (non-hydrogen) atoms. The third-order valence-electron chi connectivity index (χ3n) is 5.54. The Kier molecular flexibility index (Phi) is 3.86. The molecule has 7 heteroatoms. The van der Waals surface area contributed by atoms with Crippen molar-refractivity contribution in [3.05, 3.63) is 76.1 Å². The number of benzene rings is 1. The molecule has 2 aromatic heterocycles. The molecule has 1 aromatic carbocycles. The van der Waals surface area contributed by atoms with Gasteiger partial charge in [-0.15, -0.1) is 0 Å². The van der Waals surface area contributed by atoms with Crippen molar-refractivity contribution >= 4 is 11.1 Å². The first kappa shape index (κ1) is 17.2. The quantitative estimate of drug-likeness (QED) is 0.682. The van der Waals surface area contributed by atoms with E-state index >= 15 is 0 Å². The number of allylic oxidation sites excluding steroid dienone is 4. The number of oxazole rings is 1. The third kappa shape index (κ3) is 2.73. The summed E-state index contributed by atoms with van der Waals surface area (Å²) in [5, 5.41) is 0. The minimum absolute atomic E-state index is 0.277. The number of nitrogens with zero attached hydrogens (tertiary/aromatic N) is 3. The van der Waals surface area contributed by atoms with Crippen LogP contribution >= 0.6 is 0 Å². The van der Waals surface area contributed by atoms with Gasteiger partial charge in [-0.25, -0.2) is 18.6 Å². The van der Waals surface area contributed by atoms with Crippen LogP contribution in [0.15, 0.2) is 57.8 Å². The van der Waals surface area contributed by atoms with Crippen LogP contribution in [0.1, 0.15) is 41.6 Å². The highest BCUT2D eigenvalue weighted by atomic mass is 19.1. The van der Waals surface area contributed by atoms with Crippen LogP contribution in [-0.2, 0) is 13.6 Å². The molecule has 2 atom stereocenters. The summed E-state index contributed by atoms with van der Waals surface area (Å²) in [5.74, 6) is -1.59. The maximum absolute atomic E-state index is 14.6. The van der Waals surface area contributed by atoms with Crippen molar-refractivity contribution in [2.45, 2.75) is 37.4 Å². The maximum atomic E-state index is 14.6. The number of hydrogen-bond donors (Lipinski definition) is 0. The zero-order valence-corrected chi connectivity index (χ0v) is 15.3. The van der Waals surface area contributed by atoms with E-state index in [9.17, 15) is 13.6 Å². The first-order valence-corrected chi connectivity index (χ1v) is 9.34. The van der Waals surface area contributed by atoms with Crippen molar-refractivity contribution < 1.29 is 13.2 Å². The summed E-state index contributed by atoms with van der Waals surface area (Å²) in [7, 11) is 1.65. The fraction of sp³-hybridized carbons (Fsp3) is 0.333. The van der Waals surface area contributed by atoms with Gasteiger partial charge in [-0.3, -0.25) is 4.57 Å². The predicted octanol–water partition coefficient (Wildman–Crippen LogP) is 4.10. The van der Waals surface area contributed by atoms with Gasteiger partial charge in [-0.1, -0.05) is 12.1 Å². The summed E-state index contributed by atoms with van der Waals surface area (Å²) >= 11 is 0. The van der Waals surface area contributed by atoms with Crippen LogP contribution in [0.5, 0.6) is 0 Å². The van der Waals surface area contributed by atoms with Crippen molar-refractivity contribution in [1.82, 2.24) is 14.1 Å². The molecule has 0 radical (unpaired) electrons. The van der Waals surface area contributed by atoms with E-state index in [1.54, 1.807) is 19.4 Å². The number of aromatic nitrogens is 3. The standard InChI is InChI=1S/C21H19F2N3O2/c1-25-16-9-12(5-8-17(16)28-21(25)27)10-26-11-24-19(13-6-7-13)20(26)18-14(22)3-2-4-15(18)23/h2-5,8-9,11,13-14,18H,6-7,10H2,1H3. The zero-order chi connectivity index (χ0) is 19.4. The summed E-state index contributed by atoms with van der Waals surface area (Å²) in [4.78, 5) is 16.2. The van der Waals surface area contributed by atoms with E-state index in [4.69, 9.17) is 4.42 Å². The molecule has 2 aliphatic rings. The minimum Gasteiger partial charge on any atom is -0.408 e. The van der Waals surface area contributed by atoms with E-state index in [1.165, 1.54) is 22.8 Å². The van der Waals surface area contributed by atoms with Crippen LogP contribution < -0.4 is 5.76 Å². The van der Waals surface area contributed by atoms with Gasteiger partial charge < -0.3 is 8.98 Å². The Bertz CT molecular complexity index is 1180. The molecule has 2 unspecified atom stereocenters. The lowest BCUT2D eigenvalue weighted by atomic mass is 9.91. The molecule has 144 valence electrons. The Morgan fingerprint density at radius 1 is 1.32 bits per heavy atom. The van der Waals surface area contributed by atoms with Gasteiger partial charge in [0.1, 0.15) is 12.0 Å². The smallest absolute Gasteiger partial charge is 0.408 e. The number of imidazole rings is 1. The Morgan fingerprint density at radius 3 is 2.89 bits per heavy atom. The second kappa shape index (κ2) is 6.29. The fourth-order valence-electron chi connectivity index (χ4n) is 3.91. The molecule has 0 spiro atoms. The van der Waals surface area contributed by atoms with Crippen molar-refractivity contribution in [3.63, 3.8) is 0 Å². The number of halogens is 2. The van der Waals surface area contributed by atoms with Crippen LogP contribution in [-0.4, -0.2) is 20.3 Å². The van der Waals surface area contributed by atoms with Gasteiger partial charge in [0.25, 0.3) is 0 Å². The molecule has 0 amide bonds. The largest absolute Gasteiger partial charge is 0.419 e. The molecule has 5 rings (SSSR count). The monoisotopic (exact) mass is 383 g/mol. The molecule has 0 saturated heterocycles. The van der Waals surface area contributed by atoms with Crippen LogP contribution in [0, 0.1) is 0 Å². The summed E-state index contributed by atoms with van der Waals surface area (Å²) < 4.78 is 37.7. The van der Waals surface area contributed by atoms with Gasteiger partial charge in [0.15, 0.2) is 5.58 Å². The van der Waals surface area contributed by atoms with Crippen molar-refractivity contribution in [3.8, 4) is 0 Å². The van der Waals surface area contributed by atoms with Gasteiger partial charge in [-0.05, 0) is 42.7 Å². The van der Waals surface area contributed by atoms with E-state index in [0.717, 1.165) is 24.1 Å². The average Bonchev–Trinajstić information content (AvgIpc) is 3.38. The van der Waals surface area contributed by atoms with E-state index < -0.39 is 23.7 Å². The Morgan fingerprint density at radius 2 is 2.14 bits per heavy atom. The minimum atomic E-state index is -1.42. The third-order valence-corrected chi connectivity index (χ3v) is 5.54. The summed E-state index contributed by atoms with van der Waals surface area (Å²) in [6.45, 7) is 0.407. The van der Waals surface area contributed by atoms with Gasteiger partial charge in [0.2, 0.25) is 0 Å². The van der Waals surface area contributed by atoms with Gasteiger partial charge in [-0.2, -0.15) is 0 Å². The molecule has 2 aliphatic carbocycles. The van der Waals surface area contributed by atoms with Crippen molar-refractivity contribution in [1.29, 1.82) is 0 Å². The lowest BCUT2D eigenvalue weighted by molar-refractivity contribution is 0.321. The second-order valence-electron chi connectivity index (χ2n) is 7.50. The second-order valence-corrected chi connectivity index (χ2v) is 7.50. The van der Waals surface area contributed by atoms with Crippen molar-refractivity contribution in [2.75, 3.05) is 0 Å². The first-order valence-electron chi connectivity index (χ1n) is 9.34. The molecule has 0 aliphatic heterocycles. The van der Waals surface area contributed by atoms with Gasteiger partial charge in [0, 0.05) is 19.5 Å². The van der Waals surface area contributed by atoms with Crippen LogP contribution in [0.2, 0.25) is 0 Å². The lowest BCUT2D eigenvalue weighted by Gasteiger charge is -2.23.